The van der Waals surface area contributed by atoms with Gasteiger partial charge in [-0.2, -0.15) is 0 Å². The Kier molecular flexibility index (Phi) is 5.65. The van der Waals surface area contributed by atoms with Crippen molar-refractivity contribution in [3.63, 3.8) is 0 Å². The lowest BCUT2D eigenvalue weighted by Gasteiger charge is -2.32. The lowest BCUT2D eigenvalue weighted by Crippen LogP contribution is -2.41. The Morgan fingerprint density at radius 3 is 2.76 bits per heavy atom. The van der Waals surface area contributed by atoms with Gasteiger partial charge in [0.2, 0.25) is 0 Å². The zero-order valence-corrected chi connectivity index (χ0v) is 12.6. The lowest BCUT2D eigenvalue weighted by molar-refractivity contribution is -0.0856. The van der Waals surface area contributed by atoms with Crippen LogP contribution in [0.1, 0.15) is 25.3 Å². The highest BCUT2D eigenvalue weighted by Crippen LogP contribution is 2.28. The van der Waals surface area contributed by atoms with E-state index >= 15 is 0 Å². The molecule has 1 fully saturated rings. The molecule has 4 nitrogen and oxygen atoms in total. The Morgan fingerprint density at radius 1 is 1.33 bits per heavy atom. The molecule has 0 atom stereocenters. The van der Waals surface area contributed by atoms with Crippen LogP contribution in [0.25, 0.3) is 0 Å². The van der Waals surface area contributed by atoms with E-state index in [4.69, 9.17) is 14.2 Å². The summed E-state index contributed by atoms with van der Waals surface area (Å²) in [6.07, 6.45) is 3.76. The van der Waals surface area contributed by atoms with Gasteiger partial charge in [-0.15, -0.1) is 6.58 Å². The second-order valence-corrected chi connectivity index (χ2v) is 5.32. The molecule has 0 aliphatic carbocycles. The van der Waals surface area contributed by atoms with Gasteiger partial charge in [0.1, 0.15) is 23.7 Å². The second kappa shape index (κ2) is 7.48. The maximum absolute atomic E-state index is 10.4. The molecule has 0 saturated carbocycles. The summed E-state index contributed by atoms with van der Waals surface area (Å²) < 4.78 is 16.6. The van der Waals surface area contributed by atoms with E-state index in [9.17, 15) is 5.11 Å². The predicted molar refractivity (Wildman–Crippen MR) is 82.0 cm³/mol. The van der Waals surface area contributed by atoms with Gasteiger partial charge in [-0.1, -0.05) is 6.08 Å². The molecule has 1 N–H and O–H groups in total. The minimum Gasteiger partial charge on any atom is -0.494 e. The Balaban J connectivity index is 2.05. The molecule has 116 valence electrons. The number of hydrogen-bond donors (Lipinski definition) is 1. The van der Waals surface area contributed by atoms with Gasteiger partial charge in [0, 0.05) is 31.6 Å². The topological polar surface area (TPSA) is 47.9 Å². The van der Waals surface area contributed by atoms with Crippen LogP contribution in [0.3, 0.4) is 0 Å². The van der Waals surface area contributed by atoms with Gasteiger partial charge >= 0.3 is 0 Å². The molecule has 4 heteroatoms. The number of allylic oxidation sites excluding steroid dienone is 1. The van der Waals surface area contributed by atoms with Crippen molar-refractivity contribution in [1.82, 2.24) is 0 Å². The van der Waals surface area contributed by atoms with Crippen LogP contribution in [0.15, 0.2) is 30.9 Å². The Morgan fingerprint density at radius 2 is 2.10 bits per heavy atom. The molecule has 1 aromatic carbocycles. The van der Waals surface area contributed by atoms with Crippen LogP contribution in [0.5, 0.6) is 11.5 Å². The van der Waals surface area contributed by atoms with Gasteiger partial charge < -0.3 is 19.3 Å². The normalized spacial score (nSPS) is 17.2. The zero-order valence-electron chi connectivity index (χ0n) is 12.6. The number of aliphatic hydroxyl groups is 1. The summed E-state index contributed by atoms with van der Waals surface area (Å²) in [5, 5.41) is 10.4. The minimum absolute atomic E-state index is 0.286. The molecule has 0 bridgehead atoms. The Hall–Kier alpha value is -1.52. The largest absolute Gasteiger partial charge is 0.494 e. The van der Waals surface area contributed by atoms with Crippen LogP contribution in [-0.4, -0.2) is 37.1 Å². The van der Waals surface area contributed by atoms with Crippen molar-refractivity contribution in [1.29, 1.82) is 0 Å². The van der Waals surface area contributed by atoms with E-state index in [1.165, 1.54) is 0 Å². The third-order valence-electron chi connectivity index (χ3n) is 3.63. The van der Waals surface area contributed by atoms with E-state index in [2.05, 4.69) is 6.58 Å². The van der Waals surface area contributed by atoms with Gasteiger partial charge in [0.05, 0.1) is 6.61 Å². The van der Waals surface area contributed by atoms with Crippen molar-refractivity contribution in [3.8, 4) is 11.5 Å². The summed E-state index contributed by atoms with van der Waals surface area (Å²) in [5.74, 6) is 1.60. The van der Waals surface area contributed by atoms with Gasteiger partial charge in [-0.25, -0.2) is 0 Å². The molecule has 0 amide bonds. The molecule has 1 saturated heterocycles. The summed E-state index contributed by atoms with van der Waals surface area (Å²) in [5.41, 5.74) is 0.231. The fraction of sp³-hybridized carbons (Fsp3) is 0.529. The predicted octanol–water partition coefficient (Wildman–Crippen LogP) is 2.73. The van der Waals surface area contributed by atoms with Crippen LogP contribution >= 0.6 is 0 Å². The summed E-state index contributed by atoms with van der Waals surface area (Å²) in [7, 11) is 0. The first-order chi connectivity index (χ1) is 10.2. The molecule has 0 radical (unpaired) electrons. The number of benzene rings is 1. The molecule has 1 aliphatic rings. The molecule has 0 unspecified atom stereocenters. The van der Waals surface area contributed by atoms with Crippen LogP contribution < -0.4 is 9.47 Å². The fourth-order valence-corrected chi connectivity index (χ4v) is 2.38. The van der Waals surface area contributed by atoms with Gasteiger partial charge in [-0.05, 0) is 31.5 Å². The first kappa shape index (κ1) is 15.9. The number of rotatable bonds is 7. The minimum atomic E-state index is -0.789. The van der Waals surface area contributed by atoms with Crippen LogP contribution in [0.4, 0.5) is 0 Å². The molecule has 1 aromatic rings. The van der Waals surface area contributed by atoms with Gasteiger partial charge in [-0.3, -0.25) is 0 Å². The highest BCUT2D eigenvalue weighted by atomic mass is 16.5. The van der Waals surface area contributed by atoms with E-state index in [0.29, 0.717) is 39.1 Å². The van der Waals surface area contributed by atoms with Crippen molar-refractivity contribution in [2.75, 3.05) is 26.4 Å². The molecular formula is C17H24O4. The average molecular weight is 292 g/mol. The summed E-state index contributed by atoms with van der Waals surface area (Å²) in [6, 6.07) is 5.75. The average Bonchev–Trinajstić information content (AvgIpc) is 2.48. The monoisotopic (exact) mass is 292 g/mol. The SMILES string of the molecule is C=CCc1cc(OCC)ccc1OCC1(O)CCOCC1. The first-order valence-corrected chi connectivity index (χ1v) is 7.46. The highest BCUT2D eigenvalue weighted by Gasteiger charge is 2.30. The second-order valence-electron chi connectivity index (χ2n) is 5.32. The standard InChI is InChI=1S/C17H24O4/c1-3-5-14-12-15(20-4-2)6-7-16(14)21-13-17(18)8-10-19-11-9-17/h3,6-7,12,18H,1,4-5,8-11,13H2,2H3. The maximum Gasteiger partial charge on any atom is 0.123 e. The lowest BCUT2D eigenvalue weighted by atomic mass is 9.95. The quantitative estimate of drug-likeness (QED) is 0.785. The van der Waals surface area contributed by atoms with Crippen LogP contribution in [0.2, 0.25) is 0 Å². The Labute approximate surface area is 126 Å². The summed E-state index contributed by atoms with van der Waals surface area (Å²) >= 11 is 0. The molecule has 1 heterocycles. The molecule has 1 aliphatic heterocycles. The van der Waals surface area contributed by atoms with E-state index < -0.39 is 5.60 Å². The van der Waals surface area contributed by atoms with E-state index in [0.717, 1.165) is 17.1 Å². The Bertz CT molecular complexity index is 464. The van der Waals surface area contributed by atoms with Crippen LogP contribution in [0, 0.1) is 0 Å². The molecule has 0 spiro atoms. The molecule has 2 rings (SSSR count). The smallest absolute Gasteiger partial charge is 0.123 e. The molecule has 21 heavy (non-hydrogen) atoms. The van der Waals surface area contributed by atoms with E-state index in [1.807, 2.05) is 31.2 Å². The zero-order chi connectivity index (χ0) is 15.1. The number of hydrogen-bond acceptors (Lipinski definition) is 4. The van der Waals surface area contributed by atoms with Crippen molar-refractivity contribution in [2.45, 2.75) is 31.8 Å². The molecule has 0 aromatic heterocycles. The van der Waals surface area contributed by atoms with Crippen molar-refractivity contribution >= 4 is 0 Å². The van der Waals surface area contributed by atoms with Crippen molar-refractivity contribution < 1.29 is 19.3 Å². The highest BCUT2D eigenvalue weighted by molar-refractivity contribution is 5.41. The van der Waals surface area contributed by atoms with Crippen LogP contribution in [-0.2, 0) is 11.2 Å². The fourth-order valence-electron chi connectivity index (χ4n) is 2.38. The van der Waals surface area contributed by atoms with E-state index in [1.54, 1.807) is 0 Å². The third-order valence-corrected chi connectivity index (χ3v) is 3.63. The van der Waals surface area contributed by atoms with Gasteiger partial charge in [0.25, 0.3) is 0 Å². The van der Waals surface area contributed by atoms with Gasteiger partial charge in [0.15, 0.2) is 0 Å². The van der Waals surface area contributed by atoms with Crippen molar-refractivity contribution in [3.05, 3.63) is 36.4 Å². The maximum atomic E-state index is 10.4. The number of ether oxygens (including phenoxy) is 3. The van der Waals surface area contributed by atoms with E-state index in [-0.39, 0.29) is 6.61 Å². The summed E-state index contributed by atoms with van der Waals surface area (Å²) in [6.45, 7) is 7.82. The van der Waals surface area contributed by atoms with Crippen molar-refractivity contribution in [2.24, 2.45) is 0 Å². The molecular weight excluding hydrogens is 268 g/mol. The first-order valence-electron chi connectivity index (χ1n) is 7.46. The summed E-state index contributed by atoms with van der Waals surface area (Å²) in [4.78, 5) is 0. The third kappa shape index (κ3) is 4.48.